The molecule has 0 radical (unpaired) electrons. The molecule has 0 saturated carbocycles. The molecule has 1 aromatic carbocycles. The first-order chi connectivity index (χ1) is 11.2. The molecular formula is C16H17ClN4O2. The number of piperazine rings is 1. The summed E-state index contributed by atoms with van der Waals surface area (Å²) in [5.41, 5.74) is 1.34. The van der Waals surface area contributed by atoms with Crippen LogP contribution in [0.15, 0.2) is 36.4 Å². The number of carbonyl (C=O) groups excluding carboxylic acids is 1. The van der Waals surface area contributed by atoms with Gasteiger partial charge in [-0.2, -0.15) is 0 Å². The first-order valence-corrected chi connectivity index (χ1v) is 7.73. The summed E-state index contributed by atoms with van der Waals surface area (Å²) in [6, 6.07) is 11.0. The standard InChI is InChI=1S/C16H17ClN4O2/c1-23-15-7-6-13(18-19-15)16(22)21-10-8-20(9-11-21)14-5-3-2-4-12(14)17/h2-7H,8-11H2,1H3. The van der Waals surface area contributed by atoms with Crippen molar-refractivity contribution in [3.63, 3.8) is 0 Å². The highest BCUT2D eigenvalue weighted by atomic mass is 35.5. The van der Waals surface area contributed by atoms with Crippen LogP contribution in [0, 0.1) is 0 Å². The monoisotopic (exact) mass is 332 g/mol. The highest BCUT2D eigenvalue weighted by Crippen LogP contribution is 2.26. The third-order valence-electron chi connectivity index (χ3n) is 3.83. The Morgan fingerprint density at radius 2 is 1.83 bits per heavy atom. The maximum atomic E-state index is 12.4. The SMILES string of the molecule is COc1ccc(C(=O)N2CCN(c3ccccc3Cl)CC2)nn1. The Morgan fingerprint density at radius 3 is 2.43 bits per heavy atom. The lowest BCUT2D eigenvalue weighted by atomic mass is 10.2. The number of ether oxygens (including phenoxy) is 1. The van der Waals surface area contributed by atoms with Crippen molar-refractivity contribution >= 4 is 23.2 Å². The second-order valence-electron chi connectivity index (χ2n) is 5.19. The Bertz CT molecular complexity index is 685. The number of rotatable bonds is 3. The molecule has 0 atom stereocenters. The van der Waals surface area contributed by atoms with Crippen molar-refractivity contribution in [2.75, 3.05) is 38.2 Å². The number of halogens is 1. The number of amides is 1. The summed E-state index contributed by atoms with van der Waals surface area (Å²) in [5.74, 6) is 0.282. The lowest BCUT2D eigenvalue weighted by molar-refractivity contribution is 0.0739. The summed E-state index contributed by atoms with van der Waals surface area (Å²) in [6.07, 6.45) is 0. The molecule has 6 nitrogen and oxygen atoms in total. The van der Waals surface area contributed by atoms with Gasteiger partial charge in [0.1, 0.15) is 0 Å². The van der Waals surface area contributed by atoms with Gasteiger partial charge >= 0.3 is 0 Å². The van der Waals surface area contributed by atoms with Gasteiger partial charge in [-0.05, 0) is 18.2 Å². The molecule has 1 amide bonds. The number of methoxy groups -OCH3 is 1. The molecule has 0 bridgehead atoms. The van der Waals surface area contributed by atoms with E-state index in [0.29, 0.717) is 24.7 Å². The minimum absolute atomic E-state index is 0.112. The summed E-state index contributed by atoms with van der Waals surface area (Å²) < 4.78 is 4.95. The molecule has 0 unspecified atom stereocenters. The predicted molar refractivity (Wildman–Crippen MR) is 88.2 cm³/mol. The molecule has 1 saturated heterocycles. The van der Waals surface area contributed by atoms with Gasteiger partial charge in [-0.3, -0.25) is 4.79 Å². The molecule has 3 rings (SSSR count). The Morgan fingerprint density at radius 1 is 1.09 bits per heavy atom. The van der Waals surface area contributed by atoms with Crippen molar-refractivity contribution < 1.29 is 9.53 Å². The van der Waals surface area contributed by atoms with E-state index in [4.69, 9.17) is 16.3 Å². The van der Waals surface area contributed by atoms with Gasteiger partial charge in [0.2, 0.25) is 5.88 Å². The van der Waals surface area contributed by atoms with Crippen molar-refractivity contribution in [3.05, 3.63) is 47.1 Å². The van der Waals surface area contributed by atoms with Gasteiger partial charge in [0.15, 0.2) is 5.69 Å². The Kier molecular flexibility index (Phi) is 4.62. The van der Waals surface area contributed by atoms with Crippen molar-refractivity contribution in [1.29, 1.82) is 0 Å². The highest BCUT2D eigenvalue weighted by molar-refractivity contribution is 6.33. The van der Waals surface area contributed by atoms with E-state index in [0.717, 1.165) is 23.8 Å². The molecule has 1 fully saturated rings. The topological polar surface area (TPSA) is 58.6 Å². The van der Waals surface area contributed by atoms with Gasteiger partial charge in [0, 0.05) is 32.2 Å². The van der Waals surface area contributed by atoms with Crippen LogP contribution in [0.3, 0.4) is 0 Å². The quantitative estimate of drug-likeness (QED) is 0.861. The highest BCUT2D eigenvalue weighted by Gasteiger charge is 2.24. The van der Waals surface area contributed by atoms with Crippen LogP contribution in [0.5, 0.6) is 5.88 Å². The van der Waals surface area contributed by atoms with Crippen molar-refractivity contribution in [2.24, 2.45) is 0 Å². The fraction of sp³-hybridized carbons (Fsp3) is 0.312. The third-order valence-corrected chi connectivity index (χ3v) is 4.15. The molecule has 0 spiro atoms. The van der Waals surface area contributed by atoms with Gasteiger partial charge in [0.05, 0.1) is 17.8 Å². The van der Waals surface area contributed by atoms with Crippen LogP contribution in [0.2, 0.25) is 5.02 Å². The van der Waals surface area contributed by atoms with Crippen LogP contribution in [-0.4, -0.2) is 54.3 Å². The Hall–Kier alpha value is -2.34. The normalized spacial score (nSPS) is 14.7. The molecule has 1 aliphatic rings. The lowest BCUT2D eigenvalue weighted by Crippen LogP contribution is -2.49. The second kappa shape index (κ2) is 6.83. The first kappa shape index (κ1) is 15.6. The number of carbonyl (C=O) groups is 1. The van der Waals surface area contributed by atoms with Crippen LogP contribution in [0.25, 0.3) is 0 Å². The lowest BCUT2D eigenvalue weighted by Gasteiger charge is -2.36. The number of para-hydroxylation sites is 1. The van der Waals surface area contributed by atoms with Gasteiger partial charge < -0.3 is 14.5 Å². The fourth-order valence-corrected chi connectivity index (χ4v) is 2.82. The summed E-state index contributed by atoms with van der Waals surface area (Å²) >= 11 is 6.23. The largest absolute Gasteiger partial charge is 0.480 e. The average Bonchev–Trinajstić information content (AvgIpc) is 2.62. The van der Waals surface area contributed by atoms with E-state index in [9.17, 15) is 4.79 Å². The molecule has 0 N–H and O–H groups in total. The van der Waals surface area contributed by atoms with E-state index in [2.05, 4.69) is 15.1 Å². The van der Waals surface area contributed by atoms with Gasteiger partial charge in [-0.25, -0.2) is 0 Å². The Labute approximate surface area is 139 Å². The number of benzene rings is 1. The average molecular weight is 333 g/mol. The molecule has 1 aliphatic heterocycles. The van der Waals surface area contributed by atoms with E-state index in [1.54, 1.807) is 17.0 Å². The van der Waals surface area contributed by atoms with Gasteiger partial charge in [0.25, 0.3) is 5.91 Å². The number of aromatic nitrogens is 2. The van der Waals surface area contributed by atoms with Crippen LogP contribution in [0.1, 0.15) is 10.5 Å². The van der Waals surface area contributed by atoms with Crippen molar-refractivity contribution in [2.45, 2.75) is 0 Å². The number of hydrogen-bond acceptors (Lipinski definition) is 5. The minimum Gasteiger partial charge on any atom is -0.480 e. The molecule has 2 heterocycles. The summed E-state index contributed by atoms with van der Waals surface area (Å²) in [7, 11) is 1.51. The van der Waals surface area contributed by atoms with E-state index in [-0.39, 0.29) is 5.91 Å². The van der Waals surface area contributed by atoms with E-state index >= 15 is 0 Å². The smallest absolute Gasteiger partial charge is 0.274 e. The maximum absolute atomic E-state index is 12.4. The molecule has 2 aromatic rings. The zero-order chi connectivity index (χ0) is 16.2. The molecule has 0 aliphatic carbocycles. The molecular weight excluding hydrogens is 316 g/mol. The van der Waals surface area contributed by atoms with Crippen LogP contribution >= 0.6 is 11.6 Å². The third kappa shape index (κ3) is 3.37. The number of nitrogens with zero attached hydrogens (tertiary/aromatic N) is 4. The zero-order valence-electron chi connectivity index (χ0n) is 12.8. The fourth-order valence-electron chi connectivity index (χ4n) is 2.56. The van der Waals surface area contributed by atoms with Crippen LogP contribution < -0.4 is 9.64 Å². The minimum atomic E-state index is -0.112. The van der Waals surface area contributed by atoms with Crippen LogP contribution in [-0.2, 0) is 0 Å². The molecule has 23 heavy (non-hydrogen) atoms. The van der Waals surface area contributed by atoms with E-state index in [1.807, 2.05) is 24.3 Å². The summed E-state index contributed by atoms with van der Waals surface area (Å²) in [4.78, 5) is 16.4. The summed E-state index contributed by atoms with van der Waals surface area (Å²) in [6.45, 7) is 2.72. The molecule has 1 aromatic heterocycles. The van der Waals surface area contributed by atoms with Crippen molar-refractivity contribution in [3.8, 4) is 5.88 Å². The number of hydrogen-bond donors (Lipinski definition) is 0. The van der Waals surface area contributed by atoms with Gasteiger partial charge in [-0.1, -0.05) is 23.7 Å². The van der Waals surface area contributed by atoms with Gasteiger partial charge in [-0.15, -0.1) is 10.2 Å². The predicted octanol–water partition coefficient (Wildman–Crippen LogP) is 2.10. The molecule has 7 heteroatoms. The first-order valence-electron chi connectivity index (χ1n) is 7.35. The maximum Gasteiger partial charge on any atom is 0.274 e. The van der Waals surface area contributed by atoms with E-state index in [1.165, 1.54) is 7.11 Å². The number of anilines is 1. The van der Waals surface area contributed by atoms with Crippen molar-refractivity contribution in [1.82, 2.24) is 15.1 Å². The Balaban J connectivity index is 1.64. The second-order valence-corrected chi connectivity index (χ2v) is 5.60. The van der Waals surface area contributed by atoms with E-state index < -0.39 is 0 Å². The summed E-state index contributed by atoms with van der Waals surface area (Å²) in [5, 5.41) is 8.48. The molecule has 120 valence electrons. The van der Waals surface area contributed by atoms with Crippen LogP contribution in [0.4, 0.5) is 5.69 Å². The zero-order valence-corrected chi connectivity index (χ0v) is 13.5.